The minimum atomic E-state index is -0.399. The second kappa shape index (κ2) is 7.30. The van der Waals surface area contributed by atoms with Crippen LogP contribution in [0.1, 0.15) is 31.4 Å². The van der Waals surface area contributed by atoms with Gasteiger partial charge in [-0.2, -0.15) is 0 Å². The quantitative estimate of drug-likeness (QED) is 0.736. The lowest BCUT2D eigenvalue weighted by atomic mass is 9.91. The van der Waals surface area contributed by atoms with Crippen LogP contribution in [0.5, 0.6) is 0 Å². The molecule has 2 heterocycles. The number of hydrogen-bond acceptors (Lipinski definition) is 3. The van der Waals surface area contributed by atoms with Crippen LogP contribution < -0.4 is 15.5 Å². The molecule has 0 radical (unpaired) electrons. The van der Waals surface area contributed by atoms with Crippen molar-refractivity contribution in [1.82, 2.24) is 0 Å². The van der Waals surface area contributed by atoms with Crippen LogP contribution in [0.2, 0.25) is 0 Å². The van der Waals surface area contributed by atoms with Gasteiger partial charge in [0.05, 0.1) is 11.3 Å². The van der Waals surface area contributed by atoms with Gasteiger partial charge < -0.3 is 15.5 Å². The summed E-state index contributed by atoms with van der Waals surface area (Å²) in [4.78, 5) is 14.7. The lowest BCUT2D eigenvalue weighted by molar-refractivity contribution is -0.110. The lowest BCUT2D eigenvalue weighted by Gasteiger charge is -2.37. The Hall–Kier alpha value is -2.82. The molecule has 146 valence electrons. The molecule has 2 aromatic carbocycles. The monoisotopic (exact) mass is 379 g/mol. The van der Waals surface area contributed by atoms with Gasteiger partial charge in [-0.3, -0.25) is 4.79 Å². The molecule has 0 spiro atoms. The van der Waals surface area contributed by atoms with E-state index in [0.717, 1.165) is 18.8 Å². The van der Waals surface area contributed by atoms with E-state index < -0.39 is 5.82 Å². The Labute approximate surface area is 165 Å². The molecule has 1 fully saturated rings. The number of fused-ring (bicyclic) bond motifs is 1. The van der Waals surface area contributed by atoms with Crippen LogP contribution in [0, 0.1) is 24.6 Å². The summed E-state index contributed by atoms with van der Waals surface area (Å²) in [5.74, 6) is 0.698. The second-order valence-corrected chi connectivity index (χ2v) is 8.17. The first kappa shape index (κ1) is 18.5. The number of amides is 1. The second-order valence-electron chi connectivity index (χ2n) is 8.17. The van der Waals surface area contributed by atoms with Gasteiger partial charge in [0.15, 0.2) is 0 Å². The standard InChI is InChI=1S/C23H26FN3O/c1-14-9-15(2)13-27(12-14)21-8-7-17(10-16(21)3)25-11-18-22-19(24)5-4-6-20(22)26-23(18)28/h4-8,10-11,14-15,25H,9,12-13H2,1-3H3,(H,26,28). The molecular weight excluding hydrogens is 353 g/mol. The van der Waals surface area contributed by atoms with Crippen LogP contribution in [0.3, 0.4) is 0 Å². The van der Waals surface area contributed by atoms with E-state index in [0.29, 0.717) is 28.7 Å². The zero-order valence-electron chi connectivity index (χ0n) is 16.6. The van der Waals surface area contributed by atoms with E-state index in [-0.39, 0.29) is 5.91 Å². The Morgan fingerprint density at radius 2 is 1.93 bits per heavy atom. The molecule has 1 amide bonds. The van der Waals surface area contributed by atoms with Crippen molar-refractivity contribution in [2.75, 3.05) is 28.6 Å². The maximum absolute atomic E-state index is 14.2. The molecule has 28 heavy (non-hydrogen) atoms. The first-order chi connectivity index (χ1) is 13.4. The number of halogens is 1. The largest absolute Gasteiger partial charge is 0.371 e. The topological polar surface area (TPSA) is 44.4 Å². The highest BCUT2D eigenvalue weighted by Gasteiger charge is 2.27. The van der Waals surface area contributed by atoms with E-state index in [9.17, 15) is 9.18 Å². The molecule has 0 aromatic heterocycles. The number of benzene rings is 2. The maximum atomic E-state index is 14.2. The number of nitrogens with zero attached hydrogens (tertiary/aromatic N) is 1. The number of aryl methyl sites for hydroxylation is 1. The molecule has 4 nitrogen and oxygen atoms in total. The van der Waals surface area contributed by atoms with Gasteiger partial charge >= 0.3 is 0 Å². The average molecular weight is 379 g/mol. The first-order valence-electron chi connectivity index (χ1n) is 9.85. The van der Waals surface area contributed by atoms with Crippen molar-refractivity contribution < 1.29 is 9.18 Å². The summed E-state index contributed by atoms with van der Waals surface area (Å²) in [6.07, 6.45) is 2.87. The van der Waals surface area contributed by atoms with Gasteiger partial charge in [-0.1, -0.05) is 19.9 Å². The molecule has 0 bridgehead atoms. The van der Waals surface area contributed by atoms with E-state index in [1.165, 1.54) is 23.7 Å². The number of nitrogens with one attached hydrogen (secondary N) is 2. The summed E-state index contributed by atoms with van der Waals surface area (Å²) in [7, 11) is 0. The van der Waals surface area contributed by atoms with Crippen molar-refractivity contribution in [1.29, 1.82) is 0 Å². The summed E-state index contributed by atoms with van der Waals surface area (Å²) in [5.41, 5.74) is 4.47. The van der Waals surface area contributed by atoms with Gasteiger partial charge in [0.2, 0.25) is 0 Å². The van der Waals surface area contributed by atoms with Gasteiger partial charge in [-0.05, 0) is 61.1 Å². The zero-order valence-corrected chi connectivity index (χ0v) is 16.6. The van der Waals surface area contributed by atoms with Gasteiger partial charge in [0, 0.05) is 36.2 Å². The molecule has 2 aromatic rings. The van der Waals surface area contributed by atoms with Crippen LogP contribution >= 0.6 is 0 Å². The minimum absolute atomic E-state index is 0.294. The summed E-state index contributed by atoms with van der Waals surface area (Å²) >= 11 is 0. The van der Waals surface area contributed by atoms with Crippen molar-refractivity contribution in [2.24, 2.45) is 11.8 Å². The Bertz CT molecular complexity index is 943. The molecule has 4 rings (SSSR count). The van der Waals surface area contributed by atoms with E-state index in [1.54, 1.807) is 18.3 Å². The number of carbonyl (C=O) groups is 1. The smallest absolute Gasteiger partial charge is 0.257 e. The van der Waals surface area contributed by atoms with Crippen molar-refractivity contribution in [2.45, 2.75) is 27.2 Å². The highest BCUT2D eigenvalue weighted by molar-refractivity contribution is 6.31. The summed E-state index contributed by atoms with van der Waals surface area (Å²) in [6.45, 7) is 8.89. The SMILES string of the molecule is Cc1cc(NC=C2C(=O)Nc3cccc(F)c32)ccc1N1CC(C)CC(C)C1. The van der Waals surface area contributed by atoms with Crippen LogP contribution in [0.25, 0.3) is 5.57 Å². The number of hydrogen-bond donors (Lipinski definition) is 2. The van der Waals surface area contributed by atoms with E-state index >= 15 is 0 Å². The maximum Gasteiger partial charge on any atom is 0.257 e. The van der Waals surface area contributed by atoms with Crippen molar-refractivity contribution >= 4 is 28.5 Å². The van der Waals surface area contributed by atoms with Crippen LogP contribution in [-0.2, 0) is 4.79 Å². The van der Waals surface area contributed by atoms with Crippen molar-refractivity contribution in [3.63, 3.8) is 0 Å². The third kappa shape index (κ3) is 3.49. The molecule has 0 aliphatic carbocycles. The highest BCUT2D eigenvalue weighted by atomic mass is 19.1. The van der Waals surface area contributed by atoms with Gasteiger partial charge in [0.1, 0.15) is 5.82 Å². The Kier molecular flexibility index (Phi) is 4.84. The predicted octanol–water partition coefficient (Wildman–Crippen LogP) is 5.02. The first-order valence-corrected chi connectivity index (χ1v) is 9.85. The molecule has 2 aliphatic rings. The van der Waals surface area contributed by atoms with Gasteiger partial charge in [-0.25, -0.2) is 4.39 Å². The van der Waals surface area contributed by atoms with E-state index in [2.05, 4.69) is 48.4 Å². The molecule has 0 saturated carbocycles. The molecule has 5 heteroatoms. The van der Waals surface area contributed by atoms with E-state index in [1.807, 2.05) is 6.07 Å². The molecule has 2 aliphatic heterocycles. The number of piperidine rings is 1. The molecule has 2 unspecified atom stereocenters. The number of carbonyl (C=O) groups excluding carboxylic acids is 1. The Morgan fingerprint density at radius 1 is 1.18 bits per heavy atom. The summed E-state index contributed by atoms with van der Waals surface area (Å²) < 4.78 is 14.2. The summed E-state index contributed by atoms with van der Waals surface area (Å²) in [6, 6.07) is 10.9. The highest BCUT2D eigenvalue weighted by Crippen LogP contribution is 2.34. The fourth-order valence-corrected chi connectivity index (χ4v) is 4.46. The van der Waals surface area contributed by atoms with Crippen LogP contribution in [0.15, 0.2) is 42.6 Å². The van der Waals surface area contributed by atoms with Crippen molar-refractivity contribution in [3.05, 3.63) is 59.5 Å². The predicted molar refractivity (Wildman–Crippen MR) is 113 cm³/mol. The zero-order chi connectivity index (χ0) is 19.8. The fourth-order valence-electron chi connectivity index (χ4n) is 4.46. The average Bonchev–Trinajstić information content (AvgIpc) is 2.95. The number of anilines is 3. The molecule has 2 atom stereocenters. The third-order valence-electron chi connectivity index (χ3n) is 5.57. The number of rotatable bonds is 3. The van der Waals surface area contributed by atoms with Crippen LogP contribution in [-0.4, -0.2) is 19.0 Å². The summed E-state index contributed by atoms with van der Waals surface area (Å²) in [5, 5.41) is 5.87. The Balaban J connectivity index is 1.55. The normalized spacial score (nSPS) is 22.9. The van der Waals surface area contributed by atoms with Gasteiger partial charge in [0.25, 0.3) is 5.91 Å². The Morgan fingerprint density at radius 3 is 2.64 bits per heavy atom. The van der Waals surface area contributed by atoms with Crippen LogP contribution in [0.4, 0.5) is 21.5 Å². The third-order valence-corrected chi connectivity index (χ3v) is 5.57. The minimum Gasteiger partial charge on any atom is -0.371 e. The van der Waals surface area contributed by atoms with E-state index in [4.69, 9.17) is 0 Å². The molecular formula is C23H26FN3O. The fraction of sp³-hybridized carbons (Fsp3) is 0.348. The molecule has 1 saturated heterocycles. The molecule has 2 N–H and O–H groups in total. The van der Waals surface area contributed by atoms with Crippen molar-refractivity contribution in [3.8, 4) is 0 Å². The lowest BCUT2D eigenvalue weighted by Crippen LogP contribution is -2.39. The van der Waals surface area contributed by atoms with Gasteiger partial charge in [-0.15, -0.1) is 0 Å².